The van der Waals surface area contributed by atoms with Gasteiger partial charge in [0.2, 0.25) is 0 Å². The van der Waals surface area contributed by atoms with Crippen LogP contribution in [0.5, 0.6) is 0 Å². The lowest BCUT2D eigenvalue weighted by molar-refractivity contribution is 0.144. The van der Waals surface area contributed by atoms with Gasteiger partial charge in [0.25, 0.3) is 12.0 Å². The zero-order chi connectivity index (χ0) is 16.9. The summed E-state index contributed by atoms with van der Waals surface area (Å²) in [6.07, 6.45) is 6.07. The number of imidazole rings is 1. The smallest absolute Gasteiger partial charge is 0.280 e. The first-order valence-corrected chi connectivity index (χ1v) is 8.14. The lowest BCUT2D eigenvalue weighted by atomic mass is 9.96. The highest BCUT2D eigenvalue weighted by atomic mass is 19.3. The third-order valence-corrected chi connectivity index (χ3v) is 4.52. The van der Waals surface area contributed by atoms with Crippen molar-refractivity contribution >= 4 is 0 Å². The lowest BCUT2D eigenvalue weighted by Crippen LogP contribution is -2.37. The average Bonchev–Trinajstić information content (AvgIpc) is 3.09. The fourth-order valence-corrected chi connectivity index (χ4v) is 3.04. The predicted octanol–water partition coefficient (Wildman–Crippen LogP) is 1.79. The van der Waals surface area contributed by atoms with E-state index < -0.39 is 17.7 Å². The van der Waals surface area contributed by atoms with Crippen molar-refractivity contribution in [2.45, 2.75) is 32.4 Å². The van der Waals surface area contributed by atoms with Crippen molar-refractivity contribution in [3.05, 3.63) is 47.2 Å². The first-order chi connectivity index (χ1) is 11.6. The highest BCUT2D eigenvalue weighted by Crippen LogP contribution is 2.19. The molecule has 0 aromatic carbocycles. The van der Waals surface area contributed by atoms with Crippen molar-refractivity contribution in [3.63, 3.8) is 0 Å². The first kappa shape index (κ1) is 16.8. The second-order valence-corrected chi connectivity index (χ2v) is 6.19. The standard InChI is InChI=1S/C16H21F2N5O/c17-16(18)14-9-15(24)23(12-20-14)10-13-1-4-21(5-2-13)7-8-22-6-3-19-11-22/h3,6,9,11-13,16H,1-2,4-5,7-8,10H2. The molecule has 1 saturated heterocycles. The van der Waals surface area contributed by atoms with Crippen molar-refractivity contribution in [2.24, 2.45) is 5.92 Å². The first-order valence-electron chi connectivity index (χ1n) is 8.14. The molecule has 0 unspecified atom stereocenters. The molecule has 6 nitrogen and oxygen atoms in total. The predicted molar refractivity (Wildman–Crippen MR) is 84.8 cm³/mol. The van der Waals surface area contributed by atoms with E-state index in [2.05, 4.69) is 19.4 Å². The number of halogens is 2. The highest BCUT2D eigenvalue weighted by Gasteiger charge is 2.20. The minimum Gasteiger partial charge on any atom is -0.336 e. The third-order valence-electron chi connectivity index (χ3n) is 4.52. The zero-order valence-electron chi connectivity index (χ0n) is 13.4. The van der Waals surface area contributed by atoms with E-state index in [-0.39, 0.29) is 0 Å². The number of hydrogen-bond donors (Lipinski definition) is 0. The molecule has 2 aromatic heterocycles. The largest absolute Gasteiger partial charge is 0.336 e. The zero-order valence-corrected chi connectivity index (χ0v) is 13.4. The molecule has 24 heavy (non-hydrogen) atoms. The molecule has 130 valence electrons. The molecule has 3 heterocycles. The van der Waals surface area contributed by atoms with Crippen molar-refractivity contribution in [2.75, 3.05) is 19.6 Å². The van der Waals surface area contributed by atoms with Crippen LogP contribution in [0.1, 0.15) is 25.0 Å². The molecule has 0 amide bonds. The lowest BCUT2D eigenvalue weighted by Gasteiger charge is -2.32. The second-order valence-electron chi connectivity index (χ2n) is 6.19. The SMILES string of the molecule is O=c1cc(C(F)F)ncn1CC1CCN(CCn2ccnc2)CC1. The maximum Gasteiger partial charge on any atom is 0.280 e. The molecule has 1 aliphatic heterocycles. The van der Waals surface area contributed by atoms with Crippen LogP contribution in [0.4, 0.5) is 8.78 Å². The van der Waals surface area contributed by atoms with Crippen LogP contribution >= 0.6 is 0 Å². The van der Waals surface area contributed by atoms with Gasteiger partial charge in [0.05, 0.1) is 12.7 Å². The molecule has 0 bridgehead atoms. The van der Waals surface area contributed by atoms with Gasteiger partial charge in [-0.3, -0.25) is 9.36 Å². The Kier molecular flexibility index (Phi) is 5.34. The molecule has 0 N–H and O–H groups in total. The molecule has 0 saturated carbocycles. The van der Waals surface area contributed by atoms with Gasteiger partial charge in [-0.05, 0) is 31.8 Å². The van der Waals surface area contributed by atoms with Crippen molar-refractivity contribution < 1.29 is 8.78 Å². The Morgan fingerprint density at radius 2 is 2.00 bits per heavy atom. The van der Waals surface area contributed by atoms with Gasteiger partial charge >= 0.3 is 0 Å². The molecular weight excluding hydrogens is 316 g/mol. The van der Waals surface area contributed by atoms with Gasteiger partial charge in [0, 0.05) is 38.1 Å². The Bertz CT molecular complexity index is 693. The molecule has 0 atom stereocenters. The third kappa shape index (κ3) is 4.25. The van der Waals surface area contributed by atoms with Gasteiger partial charge in [0.15, 0.2) is 0 Å². The van der Waals surface area contributed by atoms with E-state index >= 15 is 0 Å². The topological polar surface area (TPSA) is 56.0 Å². The molecule has 0 radical (unpaired) electrons. The van der Waals surface area contributed by atoms with Crippen LogP contribution in [0.2, 0.25) is 0 Å². The number of likely N-dealkylation sites (tertiary alicyclic amines) is 1. The average molecular weight is 337 g/mol. The minimum atomic E-state index is -2.70. The Balaban J connectivity index is 1.47. The van der Waals surface area contributed by atoms with Crippen molar-refractivity contribution in [1.29, 1.82) is 0 Å². The number of aromatic nitrogens is 4. The normalized spacial score (nSPS) is 16.8. The van der Waals surface area contributed by atoms with Crippen LogP contribution in [0.25, 0.3) is 0 Å². The van der Waals surface area contributed by atoms with Crippen molar-refractivity contribution in [1.82, 2.24) is 24.0 Å². The molecule has 0 aliphatic carbocycles. The van der Waals surface area contributed by atoms with Gasteiger partial charge in [0.1, 0.15) is 5.69 Å². The van der Waals surface area contributed by atoms with E-state index in [1.54, 1.807) is 6.20 Å². The summed E-state index contributed by atoms with van der Waals surface area (Å²) in [4.78, 5) is 22.0. The van der Waals surface area contributed by atoms with E-state index in [1.807, 2.05) is 12.5 Å². The van der Waals surface area contributed by atoms with Crippen LogP contribution in [0.15, 0.2) is 35.9 Å². The number of hydrogen-bond acceptors (Lipinski definition) is 4. The summed E-state index contributed by atoms with van der Waals surface area (Å²) in [6, 6.07) is 0.935. The molecule has 2 aromatic rings. The number of alkyl halides is 2. The molecule has 1 aliphatic rings. The minimum absolute atomic E-state index is 0.381. The van der Waals surface area contributed by atoms with E-state index in [0.717, 1.165) is 45.1 Å². The Morgan fingerprint density at radius 3 is 2.62 bits per heavy atom. The molecule has 1 fully saturated rings. The Labute approximate surface area is 138 Å². The van der Waals surface area contributed by atoms with Crippen LogP contribution in [0.3, 0.4) is 0 Å². The number of rotatable bonds is 6. The second kappa shape index (κ2) is 7.65. The summed E-state index contributed by atoms with van der Waals surface area (Å²) in [5.41, 5.74) is -0.853. The number of piperidine rings is 1. The van der Waals surface area contributed by atoms with E-state index in [9.17, 15) is 13.6 Å². The Morgan fingerprint density at radius 1 is 1.21 bits per heavy atom. The fourth-order valence-electron chi connectivity index (χ4n) is 3.04. The quantitative estimate of drug-likeness (QED) is 0.806. The van der Waals surface area contributed by atoms with Gasteiger partial charge < -0.3 is 9.47 Å². The summed E-state index contributed by atoms with van der Waals surface area (Å²) in [5, 5.41) is 0. The van der Waals surface area contributed by atoms with Gasteiger partial charge in [-0.25, -0.2) is 18.7 Å². The van der Waals surface area contributed by atoms with Gasteiger partial charge in [-0.15, -0.1) is 0 Å². The van der Waals surface area contributed by atoms with E-state index in [1.165, 1.54) is 10.9 Å². The van der Waals surface area contributed by atoms with Crippen LogP contribution in [-0.4, -0.2) is 43.6 Å². The maximum absolute atomic E-state index is 12.5. The summed E-state index contributed by atoms with van der Waals surface area (Å²) in [6.45, 7) is 4.41. The molecule has 0 spiro atoms. The highest BCUT2D eigenvalue weighted by molar-refractivity contribution is 5.00. The van der Waals surface area contributed by atoms with Crippen LogP contribution in [-0.2, 0) is 13.1 Å². The number of nitrogens with zero attached hydrogens (tertiary/aromatic N) is 5. The fraction of sp³-hybridized carbons (Fsp3) is 0.562. The molecular formula is C16H21F2N5O. The van der Waals surface area contributed by atoms with Crippen LogP contribution < -0.4 is 5.56 Å². The monoisotopic (exact) mass is 337 g/mol. The molecule has 8 heteroatoms. The van der Waals surface area contributed by atoms with Gasteiger partial charge in [-0.1, -0.05) is 0 Å². The summed E-state index contributed by atoms with van der Waals surface area (Å²) < 4.78 is 28.6. The summed E-state index contributed by atoms with van der Waals surface area (Å²) >= 11 is 0. The molecule has 3 rings (SSSR count). The van der Waals surface area contributed by atoms with E-state index in [0.29, 0.717) is 12.5 Å². The summed E-state index contributed by atoms with van der Waals surface area (Å²) in [7, 11) is 0. The van der Waals surface area contributed by atoms with Gasteiger partial charge in [-0.2, -0.15) is 0 Å². The van der Waals surface area contributed by atoms with E-state index in [4.69, 9.17) is 0 Å². The van der Waals surface area contributed by atoms with Crippen molar-refractivity contribution in [3.8, 4) is 0 Å². The Hall–Kier alpha value is -2.09. The summed E-state index contributed by atoms with van der Waals surface area (Å²) in [5.74, 6) is 0.381. The van der Waals surface area contributed by atoms with Crippen LogP contribution in [0, 0.1) is 5.92 Å². The maximum atomic E-state index is 12.5.